The minimum atomic E-state index is -3.52. The van der Waals surface area contributed by atoms with Crippen LogP contribution in [0.4, 0.5) is 0 Å². The molecular weight excluding hydrogens is 439 g/mol. The normalized spacial score (nSPS) is 15.2. The molecule has 0 rings (SSSR count). The van der Waals surface area contributed by atoms with Gasteiger partial charge in [0.05, 0.1) is 44.7 Å². The van der Waals surface area contributed by atoms with Crippen molar-refractivity contribution < 1.29 is 48.1 Å². The minimum absolute atomic E-state index is 0.00595. The van der Waals surface area contributed by atoms with Crippen molar-refractivity contribution in [2.24, 2.45) is 0 Å². The summed E-state index contributed by atoms with van der Waals surface area (Å²) >= 11 is 0. The van der Waals surface area contributed by atoms with Crippen LogP contribution in [0.5, 0.6) is 0 Å². The number of aliphatic hydroxyl groups excluding tert-OH is 5. The molecule has 0 aromatic carbocycles. The van der Waals surface area contributed by atoms with Crippen molar-refractivity contribution in [2.45, 2.75) is 39.3 Å². The number of rotatable bonds is 20. The fourth-order valence-corrected chi connectivity index (χ4v) is 5.50. The Morgan fingerprint density at radius 3 is 1.19 bits per heavy atom. The zero-order valence-electron chi connectivity index (χ0n) is 20.6. The van der Waals surface area contributed by atoms with Crippen LogP contribution in [0, 0.1) is 0 Å². The van der Waals surface area contributed by atoms with E-state index < -0.39 is 12.8 Å². The summed E-state index contributed by atoms with van der Waals surface area (Å²) in [6.45, 7) is 11.0. The number of aliphatic hydroxyl groups is 5. The molecule has 0 heterocycles. The summed E-state index contributed by atoms with van der Waals surface area (Å²) < 4.78 is 26.1. The highest BCUT2D eigenvalue weighted by molar-refractivity contribution is 7.55. The summed E-state index contributed by atoms with van der Waals surface area (Å²) in [5.41, 5.74) is 0. The Kier molecular flexibility index (Phi) is 15.6. The van der Waals surface area contributed by atoms with Crippen LogP contribution in [0.3, 0.4) is 0 Å². The molecule has 0 aromatic rings. The van der Waals surface area contributed by atoms with Crippen molar-refractivity contribution in [1.29, 1.82) is 0 Å². The molecule has 0 fully saturated rings. The van der Waals surface area contributed by atoms with E-state index in [2.05, 4.69) is 0 Å². The van der Waals surface area contributed by atoms with Gasteiger partial charge in [-0.15, -0.1) is 0 Å². The number of hydrogen-bond acceptors (Lipinski definition) is 8. The van der Waals surface area contributed by atoms with Gasteiger partial charge in [-0.1, -0.05) is 6.92 Å². The standard InChI is InChI=1S/C21H49N2O8P/c1-5-6-22(7-14-24,8-15-25)12-19-30-32(29,21(2,3)4)31-20-13-23(9-16-26,10-17-27)11-18-28/h24-28H,5-20H2,1-4H3/q+2. The van der Waals surface area contributed by atoms with Gasteiger partial charge in [-0.05, 0) is 27.2 Å². The summed E-state index contributed by atoms with van der Waals surface area (Å²) in [5, 5.41) is 46.5. The molecule has 1 atom stereocenters. The molecule has 0 bridgehead atoms. The highest BCUT2D eigenvalue weighted by Gasteiger charge is 2.41. The second-order valence-electron chi connectivity index (χ2n) is 9.42. The molecule has 194 valence electrons. The lowest BCUT2D eigenvalue weighted by Crippen LogP contribution is -2.55. The third-order valence-electron chi connectivity index (χ3n) is 6.04. The van der Waals surface area contributed by atoms with Gasteiger partial charge in [0.2, 0.25) is 0 Å². The van der Waals surface area contributed by atoms with E-state index in [-0.39, 0.29) is 50.7 Å². The van der Waals surface area contributed by atoms with Crippen LogP contribution in [0.25, 0.3) is 0 Å². The van der Waals surface area contributed by atoms with Crippen molar-refractivity contribution in [3.63, 3.8) is 0 Å². The lowest BCUT2D eigenvalue weighted by atomic mass is 10.3. The zero-order valence-corrected chi connectivity index (χ0v) is 21.5. The van der Waals surface area contributed by atoms with Crippen LogP contribution in [-0.4, -0.2) is 138 Å². The molecule has 0 aliphatic rings. The van der Waals surface area contributed by atoms with Crippen LogP contribution in [0.2, 0.25) is 0 Å². The van der Waals surface area contributed by atoms with E-state index in [9.17, 15) is 30.1 Å². The van der Waals surface area contributed by atoms with E-state index in [0.717, 1.165) is 13.0 Å². The van der Waals surface area contributed by atoms with Gasteiger partial charge in [0.1, 0.15) is 59.0 Å². The quantitative estimate of drug-likeness (QED) is 0.119. The fraction of sp³-hybridized carbons (Fsp3) is 1.00. The molecule has 0 aliphatic carbocycles. The van der Waals surface area contributed by atoms with Crippen molar-refractivity contribution in [3.05, 3.63) is 0 Å². The van der Waals surface area contributed by atoms with Gasteiger partial charge in [0, 0.05) is 0 Å². The highest BCUT2D eigenvalue weighted by Crippen LogP contribution is 2.59. The Hall–Kier alpha value is -0.130. The molecule has 0 aromatic heterocycles. The first kappa shape index (κ1) is 31.9. The van der Waals surface area contributed by atoms with Crippen LogP contribution in [-0.2, 0) is 13.6 Å². The lowest BCUT2D eigenvalue weighted by molar-refractivity contribution is -0.929. The van der Waals surface area contributed by atoms with E-state index in [0.29, 0.717) is 50.3 Å². The Balaban J connectivity index is 5.28. The van der Waals surface area contributed by atoms with E-state index in [1.165, 1.54) is 0 Å². The molecule has 1 unspecified atom stereocenters. The maximum absolute atomic E-state index is 13.6. The smallest absolute Gasteiger partial charge is 0.336 e. The molecule has 0 aliphatic heterocycles. The molecule has 0 spiro atoms. The Morgan fingerprint density at radius 2 is 0.938 bits per heavy atom. The van der Waals surface area contributed by atoms with Crippen LogP contribution < -0.4 is 0 Å². The summed E-state index contributed by atoms with van der Waals surface area (Å²) in [6, 6.07) is 0. The number of nitrogens with zero attached hydrogens (tertiary/aromatic N) is 2. The van der Waals surface area contributed by atoms with Gasteiger partial charge in [0.15, 0.2) is 0 Å². The molecule has 0 saturated carbocycles. The molecule has 0 saturated heterocycles. The second kappa shape index (κ2) is 15.7. The van der Waals surface area contributed by atoms with Crippen molar-refractivity contribution in [2.75, 3.05) is 98.6 Å². The van der Waals surface area contributed by atoms with Crippen molar-refractivity contribution >= 4 is 7.60 Å². The summed E-state index contributed by atoms with van der Waals surface area (Å²) in [6.07, 6.45) is 0.883. The SMILES string of the molecule is CCC[N+](CCO)(CCO)CCOP(=O)(OCC[N+](CCO)(CCO)CCO)C(C)(C)C. The molecule has 32 heavy (non-hydrogen) atoms. The number of hydrogen-bond donors (Lipinski definition) is 5. The zero-order chi connectivity index (χ0) is 24.7. The Labute approximate surface area is 194 Å². The highest BCUT2D eigenvalue weighted by atomic mass is 31.2. The predicted molar refractivity (Wildman–Crippen MR) is 124 cm³/mol. The van der Waals surface area contributed by atoms with E-state index in [1.807, 2.05) is 6.92 Å². The summed E-state index contributed by atoms with van der Waals surface area (Å²) in [4.78, 5) is 0. The third kappa shape index (κ3) is 10.4. The van der Waals surface area contributed by atoms with Crippen LogP contribution >= 0.6 is 7.60 Å². The van der Waals surface area contributed by atoms with Crippen LogP contribution in [0.15, 0.2) is 0 Å². The second-order valence-corrected chi connectivity index (χ2v) is 12.3. The first-order chi connectivity index (χ1) is 15.0. The average Bonchev–Trinajstić information content (AvgIpc) is 2.68. The molecule has 11 heteroatoms. The van der Waals surface area contributed by atoms with Gasteiger partial charge in [-0.25, -0.2) is 0 Å². The monoisotopic (exact) mass is 488 g/mol. The maximum atomic E-state index is 13.6. The largest absolute Gasteiger partial charge is 0.391 e. The minimum Gasteiger partial charge on any atom is -0.391 e. The van der Waals surface area contributed by atoms with Gasteiger partial charge in [0.25, 0.3) is 0 Å². The Bertz CT molecular complexity index is 460. The molecule has 5 N–H and O–H groups in total. The average molecular weight is 489 g/mol. The molecular formula is C21H49N2O8P+2. The maximum Gasteiger partial charge on any atom is 0.336 e. The fourth-order valence-electron chi connectivity index (χ4n) is 4.01. The van der Waals surface area contributed by atoms with Gasteiger partial charge in [-0.3, -0.25) is 4.57 Å². The van der Waals surface area contributed by atoms with E-state index in [4.69, 9.17) is 9.05 Å². The summed E-state index contributed by atoms with van der Waals surface area (Å²) in [7, 11) is -3.52. The van der Waals surface area contributed by atoms with Crippen molar-refractivity contribution in [1.82, 2.24) is 0 Å². The van der Waals surface area contributed by atoms with Gasteiger partial charge >= 0.3 is 7.60 Å². The van der Waals surface area contributed by atoms with Gasteiger partial charge < -0.3 is 43.5 Å². The third-order valence-corrected chi connectivity index (χ3v) is 8.73. The topological polar surface area (TPSA) is 137 Å². The first-order valence-electron chi connectivity index (χ1n) is 11.7. The first-order valence-corrected chi connectivity index (χ1v) is 13.2. The van der Waals surface area contributed by atoms with Crippen molar-refractivity contribution in [3.8, 4) is 0 Å². The van der Waals surface area contributed by atoms with Gasteiger partial charge in [-0.2, -0.15) is 0 Å². The molecule has 10 nitrogen and oxygen atoms in total. The summed E-state index contributed by atoms with van der Waals surface area (Å²) in [5.74, 6) is 0. The molecule has 0 radical (unpaired) electrons. The lowest BCUT2D eigenvalue weighted by Gasteiger charge is -2.39. The molecule has 0 amide bonds. The van der Waals surface area contributed by atoms with Crippen LogP contribution in [0.1, 0.15) is 34.1 Å². The Morgan fingerprint density at radius 1 is 0.625 bits per heavy atom. The van der Waals surface area contributed by atoms with E-state index in [1.54, 1.807) is 20.8 Å². The predicted octanol–water partition coefficient (Wildman–Crippen LogP) is 0.0163. The number of quaternary nitrogens is 2. The van der Waals surface area contributed by atoms with E-state index >= 15 is 0 Å².